The minimum atomic E-state index is -0.430. The lowest BCUT2D eigenvalue weighted by atomic mass is 10.1. The summed E-state index contributed by atoms with van der Waals surface area (Å²) in [6.07, 6.45) is 5.63. The van der Waals surface area contributed by atoms with Crippen LogP contribution >= 0.6 is 0 Å². The molecule has 11 nitrogen and oxygen atoms in total. The topological polar surface area (TPSA) is 97.9 Å². The molecule has 2 aromatic rings. The van der Waals surface area contributed by atoms with Gasteiger partial charge in [-0.2, -0.15) is 0 Å². The van der Waals surface area contributed by atoms with Gasteiger partial charge in [0.15, 0.2) is 6.29 Å². The predicted molar refractivity (Wildman–Crippen MR) is 214 cm³/mol. The highest BCUT2D eigenvalue weighted by Crippen LogP contribution is 2.28. The van der Waals surface area contributed by atoms with E-state index in [9.17, 15) is 14.4 Å². The zero-order valence-corrected chi connectivity index (χ0v) is 33.8. The molecule has 0 unspecified atom stereocenters. The molecule has 0 aromatic heterocycles. The van der Waals surface area contributed by atoms with E-state index in [1.54, 1.807) is 4.90 Å². The van der Waals surface area contributed by atoms with Crippen molar-refractivity contribution < 1.29 is 23.9 Å². The Bertz CT molecular complexity index is 1480. The summed E-state index contributed by atoms with van der Waals surface area (Å²) >= 11 is 0. The van der Waals surface area contributed by atoms with Crippen LogP contribution in [0.2, 0.25) is 0 Å². The van der Waals surface area contributed by atoms with Gasteiger partial charge in [0.25, 0.3) is 0 Å². The highest BCUT2D eigenvalue weighted by atomic mass is 16.6. The Balaban J connectivity index is 0.000000196. The molecule has 0 saturated carbocycles. The van der Waals surface area contributed by atoms with Crippen molar-refractivity contribution >= 4 is 29.8 Å². The Morgan fingerprint density at radius 3 is 1.58 bits per heavy atom. The summed E-state index contributed by atoms with van der Waals surface area (Å²) in [5, 5.41) is 3.18. The third kappa shape index (κ3) is 13.8. The number of amides is 2. The van der Waals surface area contributed by atoms with Gasteiger partial charge < -0.3 is 34.4 Å². The summed E-state index contributed by atoms with van der Waals surface area (Å²) in [5.74, 6) is 0. The zero-order valence-electron chi connectivity index (χ0n) is 33.8. The van der Waals surface area contributed by atoms with E-state index in [1.165, 1.54) is 61.2 Å². The van der Waals surface area contributed by atoms with Gasteiger partial charge in [-0.25, -0.2) is 9.59 Å². The summed E-state index contributed by atoms with van der Waals surface area (Å²) in [6.45, 7) is 27.6. The summed E-state index contributed by atoms with van der Waals surface area (Å²) in [5.41, 5.74) is 6.46. The molecule has 0 spiro atoms. The number of nitrogens with zero attached hydrogens (tertiary/aromatic N) is 5. The van der Waals surface area contributed by atoms with Crippen LogP contribution in [0.4, 0.5) is 21.0 Å². The molecule has 11 heteroatoms. The van der Waals surface area contributed by atoms with E-state index >= 15 is 0 Å². The smallest absolute Gasteiger partial charge is 0.410 e. The Kier molecular flexibility index (Phi) is 15.4. The maximum Gasteiger partial charge on any atom is 0.410 e. The monoisotopic (exact) mass is 735 g/mol. The van der Waals surface area contributed by atoms with Crippen molar-refractivity contribution in [2.75, 3.05) is 88.3 Å². The summed E-state index contributed by atoms with van der Waals surface area (Å²) in [7, 11) is 0. The number of aryl methyl sites for hydroxylation is 2. The molecular formula is C42H66N6O5. The van der Waals surface area contributed by atoms with E-state index < -0.39 is 5.60 Å². The number of benzene rings is 2. The Morgan fingerprint density at radius 2 is 1.09 bits per heavy atom. The summed E-state index contributed by atoms with van der Waals surface area (Å²) in [6, 6.07) is 12.8. The van der Waals surface area contributed by atoms with E-state index in [1.807, 2.05) is 58.6 Å². The van der Waals surface area contributed by atoms with Gasteiger partial charge in [-0.3, -0.25) is 9.69 Å². The van der Waals surface area contributed by atoms with Crippen LogP contribution in [0.5, 0.6) is 0 Å². The Labute approximate surface area is 318 Å². The van der Waals surface area contributed by atoms with Crippen molar-refractivity contribution in [3.05, 3.63) is 58.7 Å². The second-order valence-corrected chi connectivity index (χ2v) is 16.7. The predicted octanol–water partition coefficient (Wildman–Crippen LogP) is 6.88. The number of hydrogen-bond donors (Lipinski definition) is 1. The molecule has 4 saturated heterocycles. The molecule has 6 rings (SSSR count). The molecule has 0 bridgehead atoms. The van der Waals surface area contributed by atoms with Gasteiger partial charge in [0.1, 0.15) is 11.2 Å². The second-order valence-electron chi connectivity index (χ2n) is 16.7. The van der Waals surface area contributed by atoms with Crippen LogP contribution in [0.25, 0.3) is 0 Å². The molecule has 294 valence electrons. The highest BCUT2D eigenvalue weighted by molar-refractivity contribution is 5.85. The number of anilines is 2. The number of nitrogens with one attached hydrogen (secondary N) is 1. The molecule has 2 amide bonds. The highest BCUT2D eigenvalue weighted by Gasteiger charge is 2.27. The van der Waals surface area contributed by atoms with Gasteiger partial charge in [0.2, 0.25) is 0 Å². The number of aldehydes is 1. The van der Waals surface area contributed by atoms with E-state index in [2.05, 4.69) is 58.1 Å². The molecule has 0 radical (unpaired) electrons. The van der Waals surface area contributed by atoms with Crippen LogP contribution in [0.1, 0.15) is 94.3 Å². The lowest BCUT2D eigenvalue weighted by Gasteiger charge is -2.36. The second kappa shape index (κ2) is 19.5. The molecule has 53 heavy (non-hydrogen) atoms. The molecular weight excluding hydrogens is 668 g/mol. The average molecular weight is 735 g/mol. The van der Waals surface area contributed by atoms with Crippen molar-refractivity contribution in [2.45, 2.75) is 98.8 Å². The van der Waals surface area contributed by atoms with Crippen molar-refractivity contribution in [3.63, 3.8) is 0 Å². The minimum Gasteiger partial charge on any atom is -0.444 e. The van der Waals surface area contributed by atoms with Gasteiger partial charge in [0, 0.05) is 102 Å². The van der Waals surface area contributed by atoms with E-state index in [4.69, 9.17) is 9.47 Å². The van der Waals surface area contributed by atoms with E-state index in [0.29, 0.717) is 0 Å². The molecule has 4 aliphatic heterocycles. The van der Waals surface area contributed by atoms with Gasteiger partial charge in [-0.1, -0.05) is 18.2 Å². The first-order chi connectivity index (χ1) is 25.1. The molecule has 0 atom stereocenters. The lowest BCUT2D eigenvalue weighted by molar-refractivity contribution is 0.0138. The first-order valence-electron chi connectivity index (χ1n) is 19.7. The van der Waals surface area contributed by atoms with Crippen molar-refractivity contribution in [1.82, 2.24) is 20.0 Å². The van der Waals surface area contributed by atoms with Crippen LogP contribution in [0.3, 0.4) is 0 Å². The van der Waals surface area contributed by atoms with Crippen molar-refractivity contribution in [2.24, 2.45) is 0 Å². The van der Waals surface area contributed by atoms with Crippen LogP contribution in [-0.4, -0.2) is 123 Å². The summed E-state index contributed by atoms with van der Waals surface area (Å²) < 4.78 is 10.7. The van der Waals surface area contributed by atoms with Crippen LogP contribution in [-0.2, 0) is 16.0 Å². The number of carbonyl (C=O) groups excluding carboxylic acids is 3. The van der Waals surface area contributed by atoms with Gasteiger partial charge in [-0.05, 0) is 116 Å². The first-order valence-corrected chi connectivity index (χ1v) is 19.7. The number of ether oxygens (including phenoxy) is 2. The fourth-order valence-corrected chi connectivity index (χ4v) is 6.88. The normalized spacial score (nSPS) is 18.1. The van der Waals surface area contributed by atoms with Crippen LogP contribution < -0.4 is 15.1 Å². The number of carbonyl (C=O) groups is 3. The molecule has 2 aromatic carbocycles. The van der Waals surface area contributed by atoms with E-state index in [0.717, 1.165) is 89.5 Å². The third-order valence-electron chi connectivity index (χ3n) is 9.63. The van der Waals surface area contributed by atoms with Crippen molar-refractivity contribution in [1.29, 1.82) is 0 Å². The number of hydrogen-bond acceptors (Lipinski definition) is 9. The molecule has 4 fully saturated rings. The third-order valence-corrected chi connectivity index (χ3v) is 9.63. The summed E-state index contributed by atoms with van der Waals surface area (Å²) in [4.78, 5) is 45.4. The maximum absolute atomic E-state index is 12.2. The maximum atomic E-state index is 12.2. The molecule has 4 aliphatic rings. The fraction of sp³-hybridized carbons (Fsp3) is 0.643. The molecule has 4 heterocycles. The Hall–Kier alpha value is -3.83. The van der Waals surface area contributed by atoms with Gasteiger partial charge >= 0.3 is 12.2 Å². The van der Waals surface area contributed by atoms with Crippen LogP contribution in [0, 0.1) is 13.8 Å². The van der Waals surface area contributed by atoms with Gasteiger partial charge in [-0.15, -0.1) is 0 Å². The zero-order chi connectivity index (χ0) is 38.6. The van der Waals surface area contributed by atoms with Gasteiger partial charge in [0.05, 0.1) is 0 Å². The van der Waals surface area contributed by atoms with Crippen molar-refractivity contribution in [3.8, 4) is 0 Å². The average Bonchev–Trinajstić information content (AvgIpc) is 3.85. The Morgan fingerprint density at radius 1 is 0.642 bits per heavy atom. The van der Waals surface area contributed by atoms with E-state index in [-0.39, 0.29) is 17.8 Å². The van der Waals surface area contributed by atoms with Crippen LogP contribution in [0.15, 0.2) is 36.4 Å². The molecule has 1 N–H and O–H groups in total. The first kappa shape index (κ1) is 41.9. The molecule has 0 aliphatic carbocycles. The minimum absolute atomic E-state index is 0.190. The largest absolute Gasteiger partial charge is 0.444 e. The fourth-order valence-electron chi connectivity index (χ4n) is 6.88. The standard InChI is InChI=1S/C21H33N3O2.C12H15NO.C9H18N2O2/c1-17-7-8-18(19(15-17)23-9-5-6-10-23)16-22-11-13-24(14-12-22)20(25)26-21(2,3)4;1-10-4-5-11(9-14)12(8-10)13-6-2-3-7-13;1-9(2,3)13-8(12)11-6-4-10-5-7-11/h7-8,15H,5-6,9-14,16H2,1-4H3;4-5,8-9H,2-3,6-7H2,1H3;10H,4-7H2,1-3H3. The number of piperazine rings is 2. The number of rotatable bonds is 5. The SMILES string of the molecule is CC(C)(C)OC(=O)N1CCNCC1.Cc1ccc(C=O)c(N2CCCC2)c1.Cc1ccc(CN2CCN(C(=O)OC(C)(C)C)CC2)c(N2CCCC2)c1. The quantitative estimate of drug-likeness (QED) is 0.330. The lowest BCUT2D eigenvalue weighted by Crippen LogP contribution is -2.49.